The van der Waals surface area contributed by atoms with E-state index in [1.54, 1.807) is 11.3 Å². The van der Waals surface area contributed by atoms with Gasteiger partial charge in [-0.2, -0.15) is 0 Å². The number of hydrogen-bond acceptors (Lipinski definition) is 6. The van der Waals surface area contributed by atoms with Gasteiger partial charge in [0.2, 0.25) is 0 Å². The first-order chi connectivity index (χ1) is 8.70. The smallest absolute Gasteiger partial charge is 0.0947 e. The molecule has 98 valence electrons. The molecule has 0 amide bonds. The van der Waals surface area contributed by atoms with Gasteiger partial charge in [-0.15, -0.1) is 16.4 Å². The fourth-order valence-corrected chi connectivity index (χ4v) is 3.34. The first kappa shape index (κ1) is 13.6. The largest absolute Gasteiger partial charge is 0.309 e. The van der Waals surface area contributed by atoms with Crippen LogP contribution < -0.4 is 5.32 Å². The number of aromatic nitrogens is 3. The Morgan fingerprint density at radius 2 is 2.22 bits per heavy atom. The summed E-state index contributed by atoms with van der Waals surface area (Å²) < 4.78 is 4.03. The van der Waals surface area contributed by atoms with Crippen molar-refractivity contribution in [3.63, 3.8) is 0 Å². The van der Waals surface area contributed by atoms with E-state index in [1.807, 2.05) is 13.8 Å². The summed E-state index contributed by atoms with van der Waals surface area (Å²) in [5.41, 5.74) is 2.13. The van der Waals surface area contributed by atoms with E-state index >= 15 is 0 Å². The standard InChI is InChI=1S/C12H18N4S2/c1-4-5-13-10(12-9(3)15-16-18-12)6-11-14-8(2)7-17-11/h7,10,13H,4-6H2,1-3H3. The van der Waals surface area contributed by atoms with E-state index in [-0.39, 0.29) is 6.04 Å². The van der Waals surface area contributed by atoms with E-state index in [4.69, 9.17) is 0 Å². The Labute approximate surface area is 116 Å². The van der Waals surface area contributed by atoms with Crippen molar-refractivity contribution in [3.8, 4) is 0 Å². The highest BCUT2D eigenvalue weighted by Gasteiger charge is 2.18. The maximum Gasteiger partial charge on any atom is 0.0947 e. The lowest BCUT2D eigenvalue weighted by atomic mass is 10.1. The number of thiazole rings is 1. The minimum Gasteiger partial charge on any atom is -0.309 e. The zero-order valence-corrected chi connectivity index (χ0v) is 12.6. The van der Waals surface area contributed by atoms with Crippen LogP contribution in [-0.2, 0) is 6.42 Å². The van der Waals surface area contributed by atoms with Gasteiger partial charge < -0.3 is 5.32 Å². The van der Waals surface area contributed by atoms with Crippen LogP contribution in [0.3, 0.4) is 0 Å². The summed E-state index contributed by atoms with van der Waals surface area (Å²) in [6.07, 6.45) is 2.04. The van der Waals surface area contributed by atoms with Crippen molar-refractivity contribution in [2.45, 2.75) is 39.7 Å². The van der Waals surface area contributed by atoms with Crippen molar-refractivity contribution >= 4 is 22.9 Å². The molecule has 0 aliphatic rings. The number of nitrogens with zero attached hydrogens (tertiary/aromatic N) is 3. The van der Waals surface area contributed by atoms with Crippen LogP contribution in [0.5, 0.6) is 0 Å². The molecule has 6 heteroatoms. The molecule has 0 saturated carbocycles. The Bertz CT molecular complexity index is 492. The summed E-state index contributed by atoms with van der Waals surface area (Å²) in [6.45, 7) is 7.24. The zero-order valence-electron chi connectivity index (χ0n) is 10.9. The Balaban J connectivity index is 2.12. The van der Waals surface area contributed by atoms with Crippen LogP contribution in [0.15, 0.2) is 5.38 Å². The highest BCUT2D eigenvalue weighted by Crippen LogP contribution is 2.25. The van der Waals surface area contributed by atoms with E-state index in [0.29, 0.717) is 0 Å². The molecule has 18 heavy (non-hydrogen) atoms. The first-order valence-corrected chi connectivity index (χ1v) is 7.79. The minimum absolute atomic E-state index is 0.287. The maximum absolute atomic E-state index is 4.54. The van der Waals surface area contributed by atoms with E-state index in [2.05, 4.69) is 32.2 Å². The van der Waals surface area contributed by atoms with Gasteiger partial charge in [0.25, 0.3) is 0 Å². The van der Waals surface area contributed by atoms with E-state index in [9.17, 15) is 0 Å². The first-order valence-electron chi connectivity index (χ1n) is 6.14. The third-order valence-electron chi connectivity index (χ3n) is 2.69. The van der Waals surface area contributed by atoms with Gasteiger partial charge in [-0.3, -0.25) is 0 Å². The van der Waals surface area contributed by atoms with Gasteiger partial charge in [0, 0.05) is 17.5 Å². The molecule has 0 aromatic carbocycles. The van der Waals surface area contributed by atoms with Crippen molar-refractivity contribution in [2.75, 3.05) is 6.54 Å². The molecule has 0 aliphatic heterocycles. The molecule has 0 spiro atoms. The second-order valence-corrected chi connectivity index (χ2v) is 6.04. The fourth-order valence-electron chi connectivity index (χ4n) is 1.80. The van der Waals surface area contributed by atoms with Crippen molar-refractivity contribution in [2.24, 2.45) is 0 Å². The number of nitrogens with one attached hydrogen (secondary N) is 1. The molecule has 2 aromatic heterocycles. The number of aryl methyl sites for hydroxylation is 2. The van der Waals surface area contributed by atoms with Gasteiger partial charge in [0.05, 0.1) is 21.6 Å². The lowest BCUT2D eigenvalue weighted by Crippen LogP contribution is -2.24. The average Bonchev–Trinajstić information content (AvgIpc) is 2.93. The van der Waals surface area contributed by atoms with Crippen LogP contribution in [0.2, 0.25) is 0 Å². The summed E-state index contributed by atoms with van der Waals surface area (Å²) in [5.74, 6) is 0. The zero-order chi connectivity index (χ0) is 13.0. The number of hydrogen-bond donors (Lipinski definition) is 1. The summed E-state index contributed by atoms with van der Waals surface area (Å²) in [6, 6.07) is 0.287. The molecule has 2 rings (SSSR count). The van der Waals surface area contributed by atoms with E-state index in [0.717, 1.165) is 30.8 Å². The van der Waals surface area contributed by atoms with Crippen molar-refractivity contribution < 1.29 is 0 Å². The van der Waals surface area contributed by atoms with Crippen LogP contribution >= 0.6 is 22.9 Å². The molecule has 0 aliphatic carbocycles. The lowest BCUT2D eigenvalue weighted by molar-refractivity contribution is 0.532. The predicted octanol–water partition coefficient (Wildman–Crippen LogP) is 2.89. The molecule has 2 aromatic rings. The molecular weight excluding hydrogens is 264 g/mol. The van der Waals surface area contributed by atoms with E-state index in [1.165, 1.54) is 21.4 Å². The van der Waals surface area contributed by atoms with Gasteiger partial charge >= 0.3 is 0 Å². The molecule has 0 bridgehead atoms. The monoisotopic (exact) mass is 282 g/mol. The van der Waals surface area contributed by atoms with Crippen molar-refractivity contribution in [1.82, 2.24) is 19.9 Å². The molecule has 2 heterocycles. The molecule has 0 radical (unpaired) electrons. The fraction of sp³-hybridized carbons (Fsp3) is 0.583. The molecule has 4 nitrogen and oxygen atoms in total. The van der Waals surface area contributed by atoms with Crippen LogP contribution in [0, 0.1) is 13.8 Å². The van der Waals surface area contributed by atoms with Gasteiger partial charge in [-0.25, -0.2) is 4.98 Å². The summed E-state index contributed by atoms with van der Waals surface area (Å²) in [5, 5.41) is 10.9. The summed E-state index contributed by atoms with van der Waals surface area (Å²) >= 11 is 3.21. The lowest BCUT2D eigenvalue weighted by Gasteiger charge is -2.15. The Hall–Kier alpha value is -0.850. The van der Waals surface area contributed by atoms with Gasteiger partial charge in [0.1, 0.15) is 0 Å². The topological polar surface area (TPSA) is 50.7 Å². The Morgan fingerprint density at radius 1 is 1.39 bits per heavy atom. The van der Waals surface area contributed by atoms with Crippen molar-refractivity contribution in [3.05, 3.63) is 26.7 Å². The summed E-state index contributed by atoms with van der Waals surface area (Å²) in [7, 11) is 0. The third-order valence-corrected chi connectivity index (χ3v) is 4.62. The number of rotatable bonds is 6. The van der Waals surface area contributed by atoms with Gasteiger partial charge in [-0.05, 0) is 38.3 Å². The highest BCUT2D eigenvalue weighted by atomic mass is 32.1. The second-order valence-electron chi connectivity index (χ2n) is 4.32. The molecule has 1 atom stereocenters. The average molecular weight is 282 g/mol. The van der Waals surface area contributed by atoms with Gasteiger partial charge in [0.15, 0.2) is 0 Å². The molecule has 1 N–H and O–H groups in total. The minimum atomic E-state index is 0.287. The molecule has 0 saturated heterocycles. The predicted molar refractivity (Wildman–Crippen MR) is 76.2 cm³/mol. The molecule has 1 unspecified atom stereocenters. The van der Waals surface area contributed by atoms with Crippen LogP contribution in [0.4, 0.5) is 0 Å². The van der Waals surface area contributed by atoms with Gasteiger partial charge in [-0.1, -0.05) is 11.4 Å². The van der Waals surface area contributed by atoms with Crippen LogP contribution in [0.25, 0.3) is 0 Å². The quantitative estimate of drug-likeness (QED) is 0.885. The Morgan fingerprint density at radius 3 is 2.78 bits per heavy atom. The highest BCUT2D eigenvalue weighted by molar-refractivity contribution is 7.09. The normalized spacial score (nSPS) is 12.8. The Kier molecular flexibility index (Phi) is 4.79. The van der Waals surface area contributed by atoms with Crippen molar-refractivity contribution in [1.29, 1.82) is 0 Å². The van der Waals surface area contributed by atoms with Crippen LogP contribution in [-0.4, -0.2) is 21.1 Å². The van der Waals surface area contributed by atoms with Crippen LogP contribution in [0.1, 0.15) is 40.7 Å². The molecular formula is C12H18N4S2. The molecule has 0 fully saturated rings. The summed E-state index contributed by atoms with van der Waals surface area (Å²) in [4.78, 5) is 5.77. The maximum atomic E-state index is 4.54. The van der Waals surface area contributed by atoms with E-state index < -0.39 is 0 Å². The third kappa shape index (κ3) is 3.34. The second kappa shape index (κ2) is 6.36. The SMILES string of the molecule is CCCNC(Cc1nc(C)cs1)c1snnc1C.